The van der Waals surface area contributed by atoms with Gasteiger partial charge in [-0.2, -0.15) is 0 Å². The summed E-state index contributed by atoms with van der Waals surface area (Å²) in [6.07, 6.45) is 0.00328. The number of hydrogen-bond acceptors (Lipinski definition) is 5. The zero-order valence-electron chi connectivity index (χ0n) is 15.2. The van der Waals surface area contributed by atoms with Gasteiger partial charge >= 0.3 is 5.97 Å². The standard InChI is InChI=1S/C20H19ClN2O4S/c1-13-6-7-15(14(21)10-13)22-18(24)11-27-20(26)8-9-23-16-4-2-3-5-17(16)28-12-19(23)25/h2-7,10H,8-9,11-12H2,1H3,(H,22,24). The van der Waals surface area contributed by atoms with E-state index in [0.29, 0.717) is 16.5 Å². The first-order chi connectivity index (χ1) is 13.4. The molecule has 2 aromatic rings. The fourth-order valence-corrected chi connectivity index (χ4v) is 3.95. The molecule has 0 bridgehead atoms. The predicted molar refractivity (Wildman–Crippen MR) is 110 cm³/mol. The number of nitrogens with one attached hydrogen (secondary N) is 1. The Kier molecular flexibility index (Phi) is 6.59. The summed E-state index contributed by atoms with van der Waals surface area (Å²) in [4.78, 5) is 38.7. The quantitative estimate of drug-likeness (QED) is 0.724. The number of thioether (sulfide) groups is 1. The summed E-state index contributed by atoms with van der Waals surface area (Å²) in [5, 5.41) is 3.02. The van der Waals surface area contributed by atoms with Crippen LogP contribution < -0.4 is 10.2 Å². The molecule has 0 radical (unpaired) electrons. The van der Waals surface area contributed by atoms with Gasteiger partial charge in [-0.15, -0.1) is 11.8 Å². The molecule has 6 nitrogen and oxygen atoms in total. The molecule has 3 rings (SSSR count). The van der Waals surface area contributed by atoms with Crippen molar-refractivity contribution in [3.8, 4) is 0 Å². The van der Waals surface area contributed by atoms with Crippen molar-refractivity contribution in [2.45, 2.75) is 18.2 Å². The Labute approximate surface area is 172 Å². The number of anilines is 2. The number of carbonyl (C=O) groups is 3. The molecular weight excluding hydrogens is 400 g/mol. The number of aryl methyl sites for hydroxylation is 1. The van der Waals surface area contributed by atoms with Gasteiger partial charge in [-0.3, -0.25) is 14.4 Å². The first-order valence-electron chi connectivity index (χ1n) is 8.68. The molecule has 1 aliphatic heterocycles. The van der Waals surface area contributed by atoms with Gasteiger partial charge in [0.15, 0.2) is 6.61 Å². The lowest BCUT2D eigenvalue weighted by Crippen LogP contribution is -2.37. The lowest BCUT2D eigenvalue weighted by atomic mass is 10.2. The summed E-state index contributed by atoms with van der Waals surface area (Å²) >= 11 is 7.55. The van der Waals surface area contributed by atoms with Gasteiger partial charge in [-0.1, -0.05) is 29.8 Å². The normalized spacial score (nSPS) is 13.1. The van der Waals surface area contributed by atoms with Crippen molar-refractivity contribution in [3.63, 3.8) is 0 Å². The van der Waals surface area contributed by atoms with Crippen LogP contribution in [0.4, 0.5) is 11.4 Å². The van der Waals surface area contributed by atoms with E-state index in [-0.39, 0.29) is 18.9 Å². The van der Waals surface area contributed by atoms with Crippen LogP contribution in [-0.2, 0) is 19.1 Å². The summed E-state index contributed by atoms with van der Waals surface area (Å²) in [6.45, 7) is 1.69. The van der Waals surface area contributed by atoms with Crippen LogP contribution >= 0.6 is 23.4 Å². The highest BCUT2D eigenvalue weighted by Crippen LogP contribution is 2.34. The molecule has 0 aromatic heterocycles. The molecule has 1 heterocycles. The molecule has 8 heteroatoms. The lowest BCUT2D eigenvalue weighted by molar-refractivity contribution is -0.147. The number of amides is 2. The molecule has 0 saturated heterocycles. The van der Waals surface area contributed by atoms with Gasteiger partial charge in [0.1, 0.15) is 0 Å². The number of rotatable bonds is 6. The number of carbonyl (C=O) groups excluding carboxylic acids is 3. The van der Waals surface area contributed by atoms with Gasteiger partial charge in [0.05, 0.1) is 28.6 Å². The molecule has 0 aliphatic carbocycles. The average Bonchev–Trinajstić information content (AvgIpc) is 2.68. The minimum Gasteiger partial charge on any atom is -0.456 e. The van der Waals surface area contributed by atoms with Gasteiger partial charge in [0.2, 0.25) is 5.91 Å². The fourth-order valence-electron chi connectivity index (χ4n) is 2.73. The lowest BCUT2D eigenvalue weighted by Gasteiger charge is -2.28. The molecule has 1 aliphatic rings. The molecule has 0 spiro atoms. The Morgan fingerprint density at radius 1 is 1.25 bits per heavy atom. The maximum Gasteiger partial charge on any atom is 0.308 e. The third kappa shape index (κ3) is 5.05. The molecular formula is C20H19ClN2O4S. The van der Waals surface area contributed by atoms with Crippen LogP contribution in [0.3, 0.4) is 0 Å². The minimum atomic E-state index is -0.548. The number of esters is 1. The largest absolute Gasteiger partial charge is 0.456 e. The summed E-state index contributed by atoms with van der Waals surface area (Å²) in [5.74, 6) is -0.738. The number of fused-ring (bicyclic) bond motifs is 1. The van der Waals surface area contributed by atoms with Crippen LogP contribution in [0.5, 0.6) is 0 Å². The topological polar surface area (TPSA) is 75.7 Å². The van der Waals surface area contributed by atoms with E-state index >= 15 is 0 Å². The molecule has 28 heavy (non-hydrogen) atoms. The third-order valence-electron chi connectivity index (χ3n) is 4.11. The second-order valence-electron chi connectivity index (χ2n) is 6.24. The van der Waals surface area contributed by atoms with Gasteiger partial charge in [-0.25, -0.2) is 0 Å². The molecule has 2 aromatic carbocycles. The maximum absolute atomic E-state index is 12.2. The van der Waals surface area contributed by atoms with Crippen molar-refractivity contribution in [2.75, 3.05) is 29.1 Å². The van der Waals surface area contributed by atoms with Gasteiger partial charge in [-0.05, 0) is 36.8 Å². The Bertz CT molecular complexity index is 919. The van der Waals surface area contributed by atoms with Gasteiger partial charge in [0, 0.05) is 11.4 Å². The molecule has 0 atom stereocenters. The van der Waals surface area contributed by atoms with Crippen molar-refractivity contribution in [1.82, 2.24) is 0 Å². The van der Waals surface area contributed by atoms with Crippen molar-refractivity contribution >= 4 is 52.5 Å². The monoisotopic (exact) mass is 418 g/mol. The average molecular weight is 419 g/mol. The summed E-state index contributed by atoms with van der Waals surface area (Å²) in [6, 6.07) is 12.8. The first-order valence-corrected chi connectivity index (χ1v) is 10.0. The van der Waals surface area contributed by atoms with Crippen LogP contribution in [0.15, 0.2) is 47.4 Å². The number of ether oxygens (including phenoxy) is 1. The summed E-state index contributed by atoms with van der Waals surface area (Å²) in [5.41, 5.74) is 2.23. The van der Waals surface area contributed by atoms with Crippen LogP contribution in [0.25, 0.3) is 0 Å². The van der Waals surface area contributed by atoms with E-state index in [1.165, 1.54) is 11.8 Å². The smallest absolute Gasteiger partial charge is 0.308 e. The molecule has 0 fully saturated rings. The van der Waals surface area contributed by atoms with Crippen LogP contribution in [0.2, 0.25) is 5.02 Å². The van der Waals surface area contributed by atoms with E-state index in [1.807, 2.05) is 37.3 Å². The second kappa shape index (κ2) is 9.12. The van der Waals surface area contributed by atoms with Crippen molar-refractivity contribution in [2.24, 2.45) is 0 Å². The zero-order valence-corrected chi connectivity index (χ0v) is 16.8. The number of halogens is 1. The highest BCUT2D eigenvalue weighted by molar-refractivity contribution is 8.00. The Balaban J connectivity index is 1.48. The van der Waals surface area contributed by atoms with Crippen LogP contribution in [0, 0.1) is 6.92 Å². The Morgan fingerprint density at radius 3 is 2.82 bits per heavy atom. The SMILES string of the molecule is Cc1ccc(NC(=O)COC(=O)CCN2C(=O)CSc3ccccc32)c(Cl)c1. The minimum absolute atomic E-state index is 0.00328. The van der Waals surface area contributed by atoms with E-state index in [0.717, 1.165) is 16.1 Å². The number of nitrogens with zero attached hydrogens (tertiary/aromatic N) is 1. The Hall–Kier alpha value is -2.51. The van der Waals surface area contributed by atoms with E-state index in [4.69, 9.17) is 16.3 Å². The number of hydrogen-bond donors (Lipinski definition) is 1. The molecule has 0 saturated carbocycles. The highest BCUT2D eigenvalue weighted by atomic mass is 35.5. The predicted octanol–water partition coefficient (Wildman–Crippen LogP) is 3.66. The van der Waals surface area contributed by atoms with E-state index in [1.54, 1.807) is 17.0 Å². The molecule has 1 N–H and O–H groups in total. The Morgan fingerprint density at radius 2 is 2.04 bits per heavy atom. The third-order valence-corrected chi connectivity index (χ3v) is 5.47. The first kappa shape index (κ1) is 20.2. The summed E-state index contributed by atoms with van der Waals surface area (Å²) in [7, 11) is 0. The summed E-state index contributed by atoms with van der Waals surface area (Å²) < 4.78 is 5.02. The number of benzene rings is 2. The molecule has 2 amide bonds. The van der Waals surface area contributed by atoms with Gasteiger partial charge < -0.3 is 15.0 Å². The van der Waals surface area contributed by atoms with E-state index in [9.17, 15) is 14.4 Å². The molecule has 0 unspecified atom stereocenters. The van der Waals surface area contributed by atoms with E-state index in [2.05, 4.69) is 5.32 Å². The maximum atomic E-state index is 12.2. The van der Waals surface area contributed by atoms with Crippen molar-refractivity contribution < 1.29 is 19.1 Å². The zero-order chi connectivity index (χ0) is 20.1. The van der Waals surface area contributed by atoms with Gasteiger partial charge in [0.25, 0.3) is 5.91 Å². The highest BCUT2D eigenvalue weighted by Gasteiger charge is 2.25. The van der Waals surface area contributed by atoms with Crippen molar-refractivity contribution in [1.29, 1.82) is 0 Å². The molecule has 146 valence electrons. The van der Waals surface area contributed by atoms with Crippen molar-refractivity contribution in [3.05, 3.63) is 53.1 Å². The fraction of sp³-hybridized carbons (Fsp3) is 0.250. The van der Waals surface area contributed by atoms with E-state index < -0.39 is 18.5 Å². The van der Waals surface area contributed by atoms with Crippen LogP contribution in [0.1, 0.15) is 12.0 Å². The van der Waals surface area contributed by atoms with Crippen LogP contribution in [-0.4, -0.2) is 36.7 Å². The number of para-hydroxylation sites is 1. The second-order valence-corrected chi connectivity index (χ2v) is 7.67.